The van der Waals surface area contributed by atoms with Crippen LogP contribution in [0.1, 0.15) is 56.9 Å². The predicted molar refractivity (Wildman–Crippen MR) is 124 cm³/mol. The van der Waals surface area contributed by atoms with Crippen LogP contribution in [0.3, 0.4) is 0 Å². The van der Waals surface area contributed by atoms with Crippen molar-refractivity contribution in [1.29, 1.82) is 0 Å². The number of anilines is 1. The van der Waals surface area contributed by atoms with Gasteiger partial charge in [-0.15, -0.1) is 0 Å². The van der Waals surface area contributed by atoms with Gasteiger partial charge in [0.05, 0.1) is 24.1 Å². The van der Waals surface area contributed by atoms with E-state index >= 15 is 0 Å². The van der Waals surface area contributed by atoms with Gasteiger partial charge in [-0.1, -0.05) is 12.1 Å². The minimum absolute atomic E-state index is 0.296. The molecule has 2 aliphatic heterocycles. The fourth-order valence-electron chi connectivity index (χ4n) is 4.48. The quantitative estimate of drug-likeness (QED) is 0.747. The van der Waals surface area contributed by atoms with Crippen molar-refractivity contribution in [2.75, 3.05) is 17.6 Å². The van der Waals surface area contributed by atoms with Gasteiger partial charge in [-0.25, -0.2) is 8.42 Å². The van der Waals surface area contributed by atoms with E-state index in [9.17, 15) is 8.42 Å². The highest BCUT2D eigenvalue weighted by molar-refractivity contribution is 7.92. The Kier molecular flexibility index (Phi) is 5.08. The van der Waals surface area contributed by atoms with Gasteiger partial charge in [-0.2, -0.15) is 0 Å². The Hall–Kier alpha value is -2.54. The molecule has 7 heteroatoms. The normalized spacial score (nSPS) is 18.5. The van der Waals surface area contributed by atoms with Gasteiger partial charge in [0.25, 0.3) is 0 Å². The molecule has 0 saturated heterocycles. The van der Waals surface area contributed by atoms with Crippen LogP contribution in [0.15, 0.2) is 35.3 Å². The van der Waals surface area contributed by atoms with Crippen LogP contribution in [0, 0.1) is 0 Å². The molecule has 0 saturated carbocycles. The minimum Gasteiger partial charge on any atom is -0.490 e. The number of sulfonamides is 1. The molecule has 2 aromatic carbocycles. The molecular formula is C24H30N2O4S. The standard InChI is InChI=1S/C24H30N2O4S/c1-7-29-19-12-16-13-23(2,3)25-21(20(16)18-14-24(4,5)30-22(18)19)15-9-8-10-17(11-15)26-31(6,27)28/h8-12,26H,7,13-14H2,1-6H3. The van der Waals surface area contributed by atoms with Crippen LogP contribution in [-0.2, 0) is 22.9 Å². The maximum Gasteiger partial charge on any atom is 0.229 e. The van der Waals surface area contributed by atoms with E-state index in [0.717, 1.165) is 53.0 Å². The van der Waals surface area contributed by atoms with Crippen molar-refractivity contribution >= 4 is 21.4 Å². The molecular weight excluding hydrogens is 412 g/mol. The van der Waals surface area contributed by atoms with Crippen LogP contribution in [0.4, 0.5) is 5.69 Å². The Morgan fingerprint density at radius 3 is 2.58 bits per heavy atom. The molecule has 0 atom stereocenters. The fraction of sp³-hybridized carbons (Fsp3) is 0.458. The van der Waals surface area contributed by atoms with Gasteiger partial charge in [-0.3, -0.25) is 9.71 Å². The highest BCUT2D eigenvalue weighted by Crippen LogP contribution is 2.48. The van der Waals surface area contributed by atoms with Crippen LogP contribution in [0.2, 0.25) is 0 Å². The Labute approximate surface area is 184 Å². The van der Waals surface area contributed by atoms with Crippen LogP contribution in [0.25, 0.3) is 0 Å². The van der Waals surface area contributed by atoms with Gasteiger partial charge in [-0.05, 0) is 64.8 Å². The summed E-state index contributed by atoms with van der Waals surface area (Å²) in [4.78, 5) is 5.11. The van der Waals surface area contributed by atoms with Crippen molar-refractivity contribution < 1.29 is 17.9 Å². The molecule has 0 unspecified atom stereocenters. The Morgan fingerprint density at radius 2 is 1.90 bits per heavy atom. The lowest BCUT2D eigenvalue weighted by molar-refractivity contribution is 0.132. The van der Waals surface area contributed by atoms with Gasteiger partial charge in [0, 0.05) is 28.8 Å². The van der Waals surface area contributed by atoms with E-state index in [1.165, 1.54) is 5.56 Å². The number of benzene rings is 2. The molecule has 0 bridgehead atoms. The molecule has 6 nitrogen and oxygen atoms in total. The van der Waals surface area contributed by atoms with Gasteiger partial charge in [0.1, 0.15) is 5.60 Å². The van der Waals surface area contributed by atoms with Crippen molar-refractivity contribution in [2.45, 2.75) is 58.6 Å². The molecule has 166 valence electrons. The molecule has 4 rings (SSSR count). The van der Waals surface area contributed by atoms with E-state index in [4.69, 9.17) is 14.5 Å². The summed E-state index contributed by atoms with van der Waals surface area (Å²) in [5.74, 6) is 1.58. The second-order valence-corrected chi connectivity index (χ2v) is 11.3. The number of nitrogens with zero attached hydrogens (tertiary/aromatic N) is 1. The molecule has 1 N–H and O–H groups in total. The molecule has 0 aliphatic carbocycles. The first-order valence-corrected chi connectivity index (χ1v) is 12.5. The van der Waals surface area contributed by atoms with Gasteiger partial charge in [0.2, 0.25) is 10.0 Å². The van der Waals surface area contributed by atoms with E-state index in [1.54, 1.807) is 6.07 Å². The van der Waals surface area contributed by atoms with Crippen LogP contribution < -0.4 is 14.2 Å². The molecule has 0 fully saturated rings. The second kappa shape index (κ2) is 7.26. The molecule has 31 heavy (non-hydrogen) atoms. The van der Waals surface area contributed by atoms with Gasteiger partial charge < -0.3 is 9.47 Å². The second-order valence-electron chi connectivity index (χ2n) is 9.59. The van der Waals surface area contributed by atoms with Crippen LogP contribution in [-0.4, -0.2) is 38.1 Å². The van der Waals surface area contributed by atoms with Crippen molar-refractivity contribution in [3.8, 4) is 11.5 Å². The largest absolute Gasteiger partial charge is 0.490 e. The number of rotatable bonds is 5. The summed E-state index contributed by atoms with van der Waals surface area (Å²) in [5, 5.41) is 0. The van der Waals surface area contributed by atoms with Gasteiger partial charge in [0.15, 0.2) is 11.5 Å². The number of aliphatic imine (C=N–C) groups is 1. The third-order valence-electron chi connectivity index (χ3n) is 5.42. The van der Waals surface area contributed by atoms with Crippen molar-refractivity contribution in [2.24, 2.45) is 4.99 Å². The minimum atomic E-state index is -3.37. The summed E-state index contributed by atoms with van der Waals surface area (Å²) in [7, 11) is -3.37. The molecule has 2 heterocycles. The first-order valence-electron chi connectivity index (χ1n) is 10.6. The van der Waals surface area contributed by atoms with Crippen molar-refractivity contribution in [1.82, 2.24) is 0 Å². The molecule has 0 aromatic heterocycles. The number of hydrogen-bond acceptors (Lipinski definition) is 5. The lowest BCUT2D eigenvalue weighted by atomic mass is 9.81. The third-order valence-corrected chi connectivity index (χ3v) is 6.03. The molecule has 0 radical (unpaired) electrons. The maximum atomic E-state index is 11.7. The molecule has 0 spiro atoms. The monoisotopic (exact) mass is 442 g/mol. The van der Waals surface area contributed by atoms with Gasteiger partial charge >= 0.3 is 0 Å². The topological polar surface area (TPSA) is 77.0 Å². The zero-order valence-electron chi connectivity index (χ0n) is 19.0. The molecule has 2 aliphatic rings. The molecule has 2 aromatic rings. The number of hydrogen-bond donors (Lipinski definition) is 1. The van der Waals surface area contributed by atoms with E-state index < -0.39 is 10.0 Å². The number of fused-ring (bicyclic) bond motifs is 3. The summed E-state index contributed by atoms with van der Waals surface area (Å²) in [6.45, 7) is 10.9. The summed E-state index contributed by atoms with van der Waals surface area (Å²) < 4.78 is 38.3. The first kappa shape index (κ1) is 21.7. The van der Waals surface area contributed by atoms with E-state index in [2.05, 4.69) is 38.5 Å². The third kappa shape index (κ3) is 4.42. The van der Waals surface area contributed by atoms with Crippen LogP contribution in [0.5, 0.6) is 11.5 Å². The summed E-state index contributed by atoms with van der Waals surface area (Å²) >= 11 is 0. The lowest BCUT2D eigenvalue weighted by Gasteiger charge is -2.31. The van der Waals surface area contributed by atoms with E-state index in [0.29, 0.717) is 12.3 Å². The first-order chi connectivity index (χ1) is 14.4. The summed E-state index contributed by atoms with van der Waals surface area (Å²) in [6.07, 6.45) is 2.70. The lowest BCUT2D eigenvalue weighted by Crippen LogP contribution is -2.30. The Morgan fingerprint density at radius 1 is 1.16 bits per heavy atom. The smallest absolute Gasteiger partial charge is 0.229 e. The highest BCUT2D eigenvalue weighted by Gasteiger charge is 2.39. The average Bonchev–Trinajstić information content (AvgIpc) is 2.94. The maximum absolute atomic E-state index is 11.7. The van der Waals surface area contributed by atoms with Crippen molar-refractivity contribution in [3.05, 3.63) is 52.6 Å². The highest BCUT2D eigenvalue weighted by atomic mass is 32.2. The Bertz CT molecular complexity index is 1180. The molecule has 0 amide bonds. The number of ether oxygens (including phenoxy) is 2. The average molecular weight is 443 g/mol. The predicted octanol–water partition coefficient (Wildman–Crippen LogP) is 4.34. The fourth-order valence-corrected chi connectivity index (χ4v) is 5.04. The van der Waals surface area contributed by atoms with E-state index in [-0.39, 0.29) is 11.1 Å². The zero-order valence-corrected chi connectivity index (χ0v) is 19.8. The SMILES string of the molecule is CCOc1cc2c(c3c1OC(C)(C)C3)C(c1cccc(NS(C)(=O)=O)c1)=NC(C)(C)C2. The van der Waals surface area contributed by atoms with E-state index in [1.807, 2.05) is 25.1 Å². The zero-order chi connectivity index (χ0) is 22.6. The number of nitrogens with one attached hydrogen (secondary N) is 1. The summed E-state index contributed by atoms with van der Waals surface area (Å²) in [6, 6.07) is 9.50. The summed E-state index contributed by atoms with van der Waals surface area (Å²) in [5.41, 5.74) is 5.01. The van der Waals surface area contributed by atoms with Crippen molar-refractivity contribution in [3.63, 3.8) is 0 Å². The Balaban J connectivity index is 1.92. The van der Waals surface area contributed by atoms with Crippen LogP contribution >= 0.6 is 0 Å².